The molecule has 17 heavy (non-hydrogen) atoms. The van der Waals surface area contributed by atoms with E-state index in [1.165, 1.54) is 0 Å². The van der Waals surface area contributed by atoms with Crippen molar-refractivity contribution >= 4 is 11.6 Å². The molecular weight excluding hydrogens is 228 g/mol. The summed E-state index contributed by atoms with van der Waals surface area (Å²) in [4.78, 5) is 12.8. The first kappa shape index (κ1) is 11.7. The van der Waals surface area contributed by atoms with Crippen LogP contribution in [0.5, 0.6) is 0 Å². The fraction of sp³-hybridized carbons (Fsp3) is 0.250. The Morgan fingerprint density at radius 3 is 2.41 bits per heavy atom. The third-order valence-corrected chi connectivity index (χ3v) is 2.66. The topological polar surface area (TPSA) is 40.5 Å². The zero-order valence-corrected chi connectivity index (χ0v) is 8.99. The minimum Gasteiger partial charge on any atom is -0.390 e. The van der Waals surface area contributed by atoms with E-state index >= 15 is 0 Å². The minimum absolute atomic E-state index is 0.249. The molecular formula is C12H11F2NO2. The van der Waals surface area contributed by atoms with Crippen LogP contribution in [0.4, 0.5) is 8.78 Å². The molecule has 1 heterocycles. The normalized spacial score (nSPS) is 15.4. The highest BCUT2D eigenvalue weighted by Crippen LogP contribution is 2.33. The number of amides is 1. The number of fused-ring (bicyclic) bond motifs is 1. The first-order valence-electron chi connectivity index (χ1n) is 5.05. The van der Waals surface area contributed by atoms with E-state index in [0.717, 1.165) is 4.90 Å². The van der Waals surface area contributed by atoms with E-state index in [0.29, 0.717) is 11.1 Å². The molecule has 1 aromatic carbocycles. The highest BCUT2D eigenvalue weighted by atomic mass is 19.3. The maximum atomic E-state index is 13.1. The molecule has 1 aliphatic heterocycles. The van der Waals surface area contributed by atoms with Crippen LogP contribution in [0.1, 0.15) is 15.9 Å². The van der Waals surface area contributed by atoms with Gasteiger partial charge in [-0.05, 0) is 6.07 Å². The smallest absolute Gasteiger partial charge is 0.288 e. The van der Waals surface area contributed by atoms with Crippen LogP contribution in [0.3, 0.4) is 0 Å². The summed E-state index contributed by atoms with van der Waals surface area (Å²) in [6, 6.07) is 6.61. The maximum absolute atomic E-state index is 13.1. The lowest BCUT2D eigenvalue weighted by atomic mass is 10.1. The molecule has 0 atom stereocenters. The molecule has 0 aromatic heterocycles. The third kappa shape index (κ3) is 1.93. The van der Waals surface area contributed by atoms with Crippen molar-refractivity contribution in [2.75, 3.05) is 13.2 Å². The van der Waals surface area contributed by atoms with Crippen LogP contribution in [0.25, 0.3) is 5.70 Å². The number of aliphatic hydroxyl groups excluding tert-OH is 1. The van der Waals surface area contributed by atoms with Gasteiger partial charge in [-0.1, -0.05) is 24.8 Å². The lowest BCUT2D eigenvalue weighted by molar-refractivity contribution is -0.0597. The van der Waals surface area contributed by atoms with Gasteiger partial charge in [0.05, 0.1) is 6.54 Å². The largest absolute Gasteiger partial charge is 0.390 e. The predicted molar refractivity (Wildman–Crippen MR) is 58.5 cm³/mol. The SMILES string of the molecule is C=C1c2ccccc2C(=O)N1CC(F)(F)CO. The van der Waals surface area contributed by atoms with Crippen molar-refractivity contribution in [1.29, 1.82) is 0 Å². The number of rotatable bonds is 3. The summed E-state index contributed by atoms with van der Waals surface area (Å²) in [5.41, 5.74) is 1.18. The second kappa shape index (κ2) is 3.92. The first-order valence-corrected chi connectivity index (χ1v) is 5.05. The molecule has 0 saturated carbocycles. The Labute approximate surface area is 97.0 Å². The predicted octanol–water partition coefficient (Wildman–Crippen LogP) is 1.74. The van der Waals surface area contributed by atoms with E-state index in [-0.39, 0.29) is 5.70 Å². The van der Waals surface area contributed by atoms with Crippen LogP contribution in [-0.4, -0.2) is 35.0 Å². The van der Waals surface area contributed by atoms with Gasteiger partial charge in [-0.2, -0.15) is 0 Å². The molecule has 1 aromatic rings. The molecule has 5 heteroatoms. The average Bonchev–Trinajstić information content (AvgIpc) is 2.55. The summed E-state index contributed by atoms with van der Waals surface area (Å²) in [6.07, 6.45) is 0. The molecule has 0 saturated heterocycles. The Morgan fingerprint density at radius 1 is 1.29 bits per heavy atom. The number of hydrogen-bond acceptors (Lipinski definition) is 2. The zero-order chi connectivity index (χ0) is 12.6. The van der Waals surface area contributed by atoms with Gasteiger partial charge >= 0.3 is 0 Å². The molecule has 2 rings (SSSR count). The van der Waals surface area contributed by atoms with Gasteiger partial charge in [0.15, 0.2) is 0 Å². The number of nitrogens with zero attached hydrogens (tertiary/aromatic N) is 1. The number of carbonyl (C=O) groups excluding carboxylic acids is 1. The van der Waals surface area contributed by atoms with Crippen molar-refractivity contribution in [3.63, 3.8) is 0 Å². The second-order valence-electron chi connectivity index (χ2n) is 3.90. The molecule has 0 unspecified atom stereocenters. The lowest BCUT2D eigenvalue weighted by Gasteiger charge is -2.22. The van der Waals surface area contributed by atoms with Crippen LogP contribution in [0.15, 0.2) is 30.8 Å². The van der Waals surface area contributed by atoms with E-state index in [4.69, 9.17) is 5.11 Å². The Kier molecular flexibility index (Phi) is 2.71. The van der Waals surface area contributed by atoms with Gasteiger partial charge in [0.25, 0.3) is 11.8 Å². The summed E-state index contributed by atoms with van der Waals surface area (Å²) >= 11 is 0. The van der Waals surface area contributed by atoms with Crippen LogP contribution >= 0.6 is 0 Å². The van der Waals surface area contributed by atoms with Crippen molar-refractivity contribution in [2.24, 2.45) is 0 Å². The second-order valence-corrected chi connectivity index (χ2v) is 3.90. The van der Waals surface area contributed by atoms with Crippen molar-refractivity contribution in [2.45, 2.75) is 5.92 Å². The average molecular weight is 239 g/mol. The molecule has 1 N–H and O–H groups in total. The van der Waals surface area contributed by atoms with Crippen molar-refractivity contribution in [1.82, 2.24) is 4.90 Å². The van der Waals surface area contributed by atoms with E-state index in [9.17, 15) is 13.6 Å². The van der Waals surface area contributed by atoms with Gasteiger partial charge < -0.3 is 10.0 Å². The number of carbonyl (C=O) groups is 1. The van der Waals surface area contributed by atoms with Crippen molar-refractivity contribution < 1.29 is 18.7 Å². The molecule has 0 bridgehead atoms. The first-order chi connectivity index (χ1) is 7.96. The number of benzene rings is 1. The summed E-state index contributed by atoms with van der Waals surface area (Å²) in [5, 5.41) is 8.53. The fourth-order valence-electron chi connectivity index (χ4n) is 1.78. The van der Waals surface area contributed by atoms with Gasteiger partial charge in [0, 0.05) is 16.8 Å². The van der Waals surface area contributed by atoms with E-state index < -0.39 is 25.0 Å². The minimum atomic E-state index is -3.32. The van der Waals surface area contributed by atoms with Gasteiger partial charge in [-0.3, -0.25) is 4.79 Å². The molecule has 1 amide bonds. The molecule has 0 fully saturated rings. The summed E-state index contributed by atoms with van der Waals surface area (Å²) in [7, 11) is 0. The standard InChI is InChI=1S/C12H11F2NO2/c1-8-9-4-2-3-5-10(9)11(17)15(8)6-12(13,14)7-16/h2-5,16H,1,6-7H2. The molecule has 0 radical (unpaired) electrons. The van der Waals surface area contributed by atoms with Crippen molar-refractivity contribution in [3.05, 3.63) is 42.0 Å². The summed E-state index contributed by atoms with van der Waals surface area (Å²) in [5.74, 6) is -3.82. The Bertz CT molecular complexity index is 450. The highest BCUT2D eigenvalue weighted by molar-refractivity contribution is 6.08. The summed E-state index contributed by atoms with van der Waals surface area (Å²) < 4.78 is 26.2. The third-order valence-electron chi connectivity index (χ3n) is 2.66. The van der Waals surface area contributed by atoms with Crippen LogP contribution in [0, 0.1) is 0 Å². The van der Waals surface area contributed by atoms with Crippen LogP contribution in [-0.2, 0) is 0 Å². The van der Waals surface area contributed by atoms with E-state index in [2.05, 4.69) is 6.58 Å². The van der Waals surface area contributed by atoms with E-state index in [1.54, 1.807) is 24.3 Å². The molecule has 1 aliphatic rings. The number of hydrogen-bond donors (Lipinski definition) is 1. The molecule has 0 aliphatic carbocycles. The Hall–Kier alpha value is -1.75. The fourth-order valence-corrected chi connectivity index (χ4v) is 1.78. The van der Waals surface area contributed by atoms with Crippen LogP contribution < -0.4 is 0 Å². The lowest BCUT2D eigenvalue weighted by Crippen LogP contribution is -2.38. The van der Waals surface area contributed by atoms with Gasteiger partial charge in [-0.25, -0.2) is 8.78 Å². The molecule has 90 valence electrons. The Balaban J connectivity index is 2.31. The number of halogens is 2. The Morgan fingerprint density at radius 2 is 1.88 bits per heavy atom. The highest BCUT2D eigenvalue weighted by Gasteiger charge is 2.38. The van der Waals surface area contributed by atoms with Gasteiger partial charge in [0.1, 0.15) is 6.61 Å². The quantitative estimate of drug-likeness (QED) is 0.872. The van der Waals surface area contributed by atoms with Gasteiger partial charge in [0.2, 0.25) is 0 Å². The number of alkyl halides is 2. The summed E-state index contributed by atoms with van der Waals surface area (Å²) in [6.45, 7) is 1.49. The molecule has 3 nitrogen and oxygen atoms in total. The van der Waals surface area contributed by atoms with E-state index in [1.807, 2.05) is 0 Å². The van der Waals surface area contributed by atoms with Crippen molar-refractivity contribution in [3.8, 4) is 0 Å². The number of aliphatic hydroxyl groups is 1. The maximum Gasteiger partial charge on any atom is 0.288 e. The zero-order valence-electron chi connectivity index (χ0n) is 8.99. The van der Waals surface area contributed by atoms with Gasteiger partial charge in [-0.15, -0.1) is 0 Å². The monoisotopic (exact) mass is 239 g/mol. The molecule has 0 spiro atoms. The van der Waals surface area contributed by atoms with Crippen LogP contribution in [0.2, 0.25) is 0 Å².